The van der Waals surface area contributed by atoms with Gasteiger partial charge >= 0.3 is 0 Å². The van der Waals surface area contributed by atoms with Gasteiger partial charge in [-0.25, -0.2) is 0 Å². The summed E-state index contributed by atoms with van der Waals surface area (Å²) in [5.41, 5.74) is 0.921. The van der Waals surface area contributed by atoms with E-state index < -0.39 is 5.60 Å². The van der Waals surface area contributed by atoms with Gasteiger partial charge in [0.15, 0.2) is 0 Å². The van der Waals surface area contributed by atoms with Crippen molar-refractivity contribution in [3.8, 4) is 0 Å². The van der Waals surface area contributed by atoms with Crippen molar-refractivity contribution >= 4 is 20.5 Å². The largest absolute Gasteiger partial charge is 0.386 e. The summed E-state index contributed by atoms with van der Waals surface area (Å²) >= 11 is 4.43. The molecule has 0 saturated heterocycles. The van der Waals surface area contributed by atoms with Crippen molar-refractivity contribution < 1.29 is 5.11 Å². The number of allylic oxidation sites excluding steroid dienone is 1. The minimum atomic E-state index is -0.899. The summed E-state index contributed by atoms with van der Waals surface area (Å²) in [7, 11) is 2.12. The van der Waals surface area contributed by atoms with Crippen LogP contribution in [0.4, 0.5) is 0 Å². The molecule has 0 unspecified atom stereocenters. The number of hydrogen-bond donors (Lipinski definition) is 2. The average Bonchev–Trinajstić information content (AvgIpc) is 1.97. The molecule has 0 aromatic carbocycles. The second kappa shape index (κ2) is 4.15. The molecule has 0 aromatic rings. The molecule has 0 spiro atoms. The minimum Gasteiger partial charge on any atom is -0.386 e. The molecule has 0 saturated carbocycles. The van der Waals surface area contributed by atoms with Gasteiger partial charge in [0, 0.05) is 4.91 Å². The summed E-state index contributed by atoms with van der Waals surface area (Å²) in [6.45, 7) is 13.6. The van der Waals surface area contributed by atoms with Gasteiger partial charge in [-0.05, 0) is 31.7 Å². The minimum absolute atomic E-state index is 0.0608. The van der Waals surface area contributed by atoms with E-state index in [4.69, 9.17) is 0 Å². The lowest BCUT2D eigenvalue weighted by atomic mass is 9.67. The molecule has 80 valence electrons. The van der Waals surface area contributed by atoms with E-state index in [0.29, 0.717) is 5.57 Å². The van der Waals surface area contributed by atoms with Gasteiger partial charge in [0.1, 0.15) is 7.85 Å². The van der Waals surface area contributed by atoms with Gasteiger partial charge in [-0.15, -0.1) is 12.6 Å². The Balaban J connectivity index is 5.14. The molecule has 0 aliphatic rings. The highest BCUT2D eigenvalue weighted by Crippen LogP contribution is 2.37. The lowest BCUT2D eigenvalue weighted by molar-refractivity contribution is 0.123. The summed E-state index contributed by atoms with van der Waals surface area (Å²) in [5, 5.41) is 9.85. The summed E-state index contributed by atoms with van der Waals surface area (Å²) < 4.78 is 0. The highest BCUT2D eigenvalue weighted by molar-refractivity contribution is 7.84. The molecule has 0 aliphatic carbocycles. The molecular weight excluding hydrogens is 191 g/mol. The molecule has 3 heteroatoms. The maximum atomic E-state index is 9.79. The van der Waals surface area contributed by atoms with E-state index >= 15 is 0 Å². The molecule has 0 heterocycles. The average molecular weight is 212 g/mol. The smallest absolute Gasteiger partial charge is 0.114 e. The number of aliphatic hydroxyl groups is 1. The van der Waals surface area contributed by atoms with E-state index in [1.807, 2.05) is 6.92 Å². The van der Waals surface area contributed by atoms with Gasteiger partial charge in [0.25, 0.3) is 0 Å². The van der Waals surface area contributed by atoms with Crippen molar-refractivity contribution in [3.63, 3.8) is 0 Å². The third-order valence-electron chi connectivity index (χ3n) is 2.50. The van der Waals surface area contributed by atoms with Crippen molar-refractivity contribution in [1.82, 2.24) is 0 Å². The standard InChI is InChI=1S/C11H21BOS/c1-7(10(3,4)12)9(14)8(2)11(5,6)13/h13-14H,2,12H2,1,3-6H3/b9-7-. The van der Waals surface area contributed by atoms with E-state index in [1.54, 1.807) is 13.8 Å². The molecule has 14 heavy (non-hydrogen) atoms. The molecule has 0 amide bonds. The first-order chi connectivity index (χ1) is 5.98. The first kappa shape index (κ1) is 13.9. The van der Waals surface area contributed by atoms with E-state index in [-0.39, 0.29) is 5.31 Å². The molecule has 0 atom stereocenters. The maximum absolute atomic E-state index is 9.79. The van der Waals surface area contributed by atoms with Crippen LogP contribution in [0, 0.1) is 0 Å². The highest BCUT2D eigenvalue weighted by atomic mass is 32.1. The summed E-state index contributed by atoms with van der Waals surface area (Å²) in [4.78, 5) is 0.810. The van der Waals surface area contributed by atoms with Crippen LogP contribution in [0.3, 0.4) is 0 Å². The van der Waals surface area contributed by atoms with Crippen molar-refractivity contribution in [1.29, 1.82) is 0 Å². The van der Waals surface area contributed by atoms with Crippen LogP contribution in [0.1, 0.15) is 34.6 Å². The SMILES string of the molecule is BC(C)(C)/C(C)=C(\S)C(=C)C(C)(C)O. The first-order valence-electron chi connectivity index (χ1n) is 4.80. The topological polar surface area (TPSA) is 20.2 Å². The van der Waals surface area contributed by atoms with Crippen LogP contribution in [0.2, 0.25) is 5.31 Å². The van der Waals surface area contributed by atoms with Gasteiger partial charge in [-0.2, -0.15) is 0 Å². The van der Waals surface area contributed by atoms with Gasteiger partial charge in [0.05, 0.1) is 5.60 Å². The van der Waals surface area contributed by atoms with Crippen molar-refractivity contribution in [2.75, 3.05) is 0 Å². The Hall–Kier alpha value is -0.145. The summed E-state index contributed by atoms with van der Waals surface area (Å²) in [5.74, 6) is 0. The summed E-state index contributed by atoms with van der Waals surface area (Å²) in [6.07, 6.45) is 0. The molecule has 0 fully saturated rings. The van der Waals surface area contributed by atoms with Gasteiger partial charge in [-0.3, -0.25) is 0 Å². The Morgan fingerprint density at radius 3 is 1.86 bits per heavy atom. The number of rotatable bonds is 3. The van der Waals surface area contributed by atoms with Crippen LogP contribution in [-0.2, 0) is 0 Å². The first-order valence-corrected chi connectivity index (χ1v) is 5.25. The van der Waals surface area contributed by atoms with E-state index in [1.165, 1.54) is 0 Å². The van der Waals surface area contributed by atoms with Gasteiger partial charge < -0.3 is 5.11 Å². The Morgan fingerprint density at radius 2 is 1.64 bits per heavy atom. The van der Waals surface area contributed by atoms with Crippen LogP contribution >= 0.6 is 12.6 Å². The summed E-state index contributed by atoms with van der Waals surface area (Å²) in [6, 6.07) is 0. The van der Waals surface area contributed by atoms with Crippen molar-refractivity contribution in [2.45, 2.75) is 45.5 Å². The van der Waals surface area contributed by atoms with Crippen LogP contribution < -0.4 is 0 Å². The van der Waals surface area contributed by atoms with Gasteiger partial charge in [0.2, 0.25) is 0 Å². The van der Waals surface area contributed by atoms with Crippen molar-refractivity contribution in [3.05, 3.63) is 22.6 Å². The molecule has 0 aromatic heterocycles. The Bertz CT molecular complexity index is 266. The van der Waals surface area contributed by atoms with E-state index in [2.05, 4.69) is 40.9 Å². The van der Waals surface area contributed by atoms with Crippen LogP contribution in [-0.4, -0.2) is 18.6 Å². The molecule has 1 N–H and O–H groups in total. The fraction of sp³-hybridized carbons (Fsp3) is 0.636. The molecular formula is C11H21BOS. The zero-order valence-corrected chi connectivity index (χ0v) is 11.0. The predicted molar refractivity (Wildman–Crippen MR) is 69.7 cm³/mol. The maximum Gasteiger partial charge on any atom is 0.114 e. The quantitative estimate of drug-likeness (QED) is 0.418. The molecule has 0 bridgehead atoms. The normalized spacial score (nSPS) is 15.1. The predicted octanol–water partition coefficient (Wildman–Crippen LogP) is 2.35. The van der Waals surface area contributed by atoms with Crippen LogP contribution in [0.15, 0.2) is 22.6 Å². The molecule has 1 nitrogen and oxygen atoms in total. The molecule has 0 radical (unpaired) electrons. The third kappa shape index (κ3) is 3.54. The fourth-order valence-electron chi connectivity index (χ4n) is 0.871. The Morgan fingerprint density at radius 1 is 1.29 bits per heavy atom. The van der Waals surface area contributed by atoms with E-state index in [0.717, 1.165) is 10.5 Å². The molecule has 0 rings (SSSR count). The lowest BCUT2D eigenvalue weighted by Gasteiger charge is -2.27. The monoisotopic (exact) mass is 212 g/mol. The Kier molecular flexibility index (Phi) is 4.11. The zero-order chi connectivity index (χ0) is 11.7. The number of thiol groups is 1. The Labute approximate surface area is 94.1 Å². The van der Waals surface area contributed by atoms with Gasteiger partial charge in [-0.1, -0.05) is 26.0 Å². The zero-order valence-electron chi connectivity index (χ0n) is 10.1. The van der Waals surface area contributed by atoms with Crippen LogP contribution in [0.25, 0.3) is 0 Å². The second-order valence-corrected chi connectivity index (χ2v) is 5.71. The van der Waals surface area contributed by atoms with Crippen LogP contribution in [0.5, 0.6) is 0 Å². The number of hydrogen-bond acceptors (Lipinski definition) is 2. The molecule has 0 aliphatic heterocycles. The fourth-order valence-corrected chi connectivity index (χ4v) is 1.48. The lowest BCUT2D eigenvalue weighted by Crippen LogP contribution is -2.22. The second-order valence-electron chi connectivity index (χ2n) is 5.26. The van der Waals surface area contributed by atoms with Crippen molar-refractivity contribution in [2.24, 2.45) is 0 Å². The highest BCUT2D eigenvalue weighted by Gasteiger charge is 2.23. The van der Waals surface area contributed by atoms with E-state index in [9.17, 15) is 5.11 Å². The third-order valence-corrected chi connectivity index (χ3v) is 3.11.